The number of hydrogen-bond acceptors (Lipinski definition) is 3. The Bertz CT molecular complexity index is 596. The molecule has 0 radical (unpaired) electrons. The minimum Gasteiger partial charge on any atom is -0.494 e. The molecule has 0 aliphatic rings. The van der Waals surface area contributed by atoms with Crippen LogP contribution in [0, 0.1) is 12.7 Å². The number of halogens is 1. The SMILES string of the molecule is COc1cccc(C(=O)c2cccnc2C)c1F. The van der Waals surface area contributed by atoms with E-state index < -0.39 is 11.6 Å². The molecule has 3 nitrogen and oxygen atoms in total. The molecule has 0 amide bonds. The highest BCUT2D eigenvalue weighted by molar-refractivity contribution is 6.10. The van der Waals surface area contributed by atoms with Crippen molar-refractivity contribution < 1.29 is 13.9 Å². The zero-order valence-electron chi connectivity index (χ0n) is 10.1. The Morgan fingerprint density at radius 1 is 1.22 bits per heavy atom. The van der Waals surface area contributed by atoms with Crippen molar-refractivity contribution in [1.29, 1.82) is 0 Å². The Balaban J connectivity index is 2.50. The predicted molar refractivity (Wildman–Crippen MR) is 65.4 cm³/mol. The van der Waals surface area contributed by atoms with Crippen molar-refractivity contribution in [2.24, 2.45) is 0 Å². The summed E-state index contributed by atoms with van der Waals surface area (Å²) in [5.74, 6) is -0.979. The summed E-state index contributed by atoms with van der Waals surface area (Å²) in [5.41, 5.74) is 0.958. The lowest BCUT2D eigenvalue weighted by Gasteiger charge is -2.07. The van der Waals surface area contributed by atoms with E-state index in [4.69, 9.17) is 4.74 Å². The summed E-state index contributed by atoms with van der Waals surface area (Å²) in [5, 5.41) is 0. The van der Waals surface area contributed by atoms with E-state index in [1.54, 1.807) is 31.3 Å². The van der Waals surface area contributed by atoms with Crippen LogP contribution in [0.2, 0.25) is 0 Å². The second-order valence-corrected chi connectivity index (χ2v) is 3.79. The van der Waals surface area contributed by atoms with Crippen LogP contribution in [0.25, 0.3) is 0 Å². The predicted octanol–water partition coefficient (Wildman–Crippen LogP) is 2.77. The number of nitrogens with zero attached hydrogens (tertiary/aromatic N) is 1. The summed E-state index contributed by atoms with van der Waals surface area (Å²) in [6.07, 6.45) is 1.59. The van der Waals surface area contributed by atoms with Gasteiger partial charge < -0.3 is 4.74 Å². The molecule has 0 atom stereocenters. The molecule has 2 rings (SSSR count). The van der Waals surface area contributed by atoms with Crippen LogP contribution in [0.1, 0.15) is 21.6 Å². The fraction of sp³-hybridized carbons (Fsp3) is 0.143. The van der Waals surface area contributed by atoms with Crippen molar-refractivity contribution in [3.05, 3.63) is 59.2 Å². The van der Waals surface area contributed by atoms with E-state index in [1.165, 1.54) is 19.2 Å². The molecule has 92 valence electrons. The molecule has 0 unspecified atom stereocenters. The molecule has 4 heteroatoms. The highest BCUT2D eigenvalue weighted by Crippen LogP contribution is 2.22. The summed E-state index contributed by atoms with van der Waals surface area (Å²) in [7, 11) is 1.36. The molecule has 1 aromatic carbocycles. The van der Waals surface area contributed by atoms with Crippen LogP contribution in [0.3, 0.4) is 0 Å². The Morgan fingerprint density at radius 2 is 1.94 bits per heavy atom. The van der Waals surface area contributed by atoms with Gasteiger partial charge in [0.15, 0.2) is 17.3 Å². The monoisotopic (exact) mass is 245 g/mol. The second kappa shape index (κ2) is 4.96. The first-order valence-electron chi connectivity index (χ1n) is 5.44. The van der Waals surface area contributed by atoms with E-state index in [2.05, 4.69) is 4.98 Å². The van der Waals surface area contributed by atoms with Crippen molar-refractivity contribution in [2.75, 3.05) is 7.11 Å². The Hall–Kier alpha value is -2.23. The maximum Gasteiger partial charge on any atom is 0.197 e. The van der Waals surface area contributed by atoms with E-state index in [9.17, 15) is 9.18 Å². The fourth-order valence-corrected chi connectivity index (χ4v) is 1.71. The minimum absolute atomic E-state index is 0.00884. The van der Waals surface area contributed by atoms with Gasteiger partial charge in [-0.2, -0.15) is 0 Å². The van der Waals surface area contributed by atoms with Crippen LogP contribution in [0.15, 0.2) is 36.5 Å². The van der Waals surface area contributed by atoms with Crippen molar-refractivity contribution in [1.82, 2.24) is 4.98 Å². The molecule has 0 saturated heterocycles. The van der Waals surface area contributed by atoms with Crippen molar-refractivity contribution in [3.63, 3.8) is 0 Å². The first-order valence-corrected chi connectivity index (χ1v) is 5.44. The summed E-state index contributed by atoms with van der Waals surface area (Å²) in [6.45, 7) is 1.71. The average Bonchev–Trinajstić information content (AvgIpc) is 2.39. The molecule has 1 heterocycles. The van der Waals surface area contributed by atoms with Gasteiger partial charge in [0.2, 0.25) is 0 Å². The topological polar surface area (TPSA) is 39.2 Å². The standard InChI is InChI=1S/C14H12FNO2/c1-9-10(6-4-8-16-9)14(17)11-5-3-7-12(18-2)13(11)15/h3-8H,1-2H3. The Labute approximate surface area is 104 Å². The number of ether oxygens (including phenoxy) is 1. The lowest BCUT2D eigenvalue weighted by Crippen LogP contribution is -2.08. The van der Waals surface area contributed by atoms with Gasteiger partial charge in [-0.05, 0) is 31.2 Å². The zero-order valence-corrected chi connectivity index (χ0v) is 10.1. The summed E-state index contributed by atoms with van der Waals surface area (Å²) in [4.78, 5) is 16.2. The van der Waals surface area contributed by atoms with Gasteiger partial charge in [-0.15, -0.1) is 0 Å². The molecule has 0 N–H and O–H groups in total. The molecule has 18 heavy (non-hydrogen) atoms. The van der Waals surface area contributed by atoms with Crippen LogP contribution in [0.4, 0.5) is 4.39 Å². The largest absolute Gasteiger partial charge is 0.494 e. The number of aryl methyl sites for hydroxylation is 1. The number of benzene rings is 1. The van der Waals surface area contributed by atoms with Gasteiger partial charge in [0.25, 0.3) is 0 Å². The van der Waals surface area contributed by atoms with Gasteiger partial charge in [-0.1, -0.05) is 6.07 Å². The van der Waals surface area contributed by atoms with Crippen LogP contribution in [0.5, 0.6) is 5.75 Å². The number of rotatable bonds is 3. The molecule has 1 aromatic heterocycles. The van der Waals surface area contributed by atoms with Gasteiger partial charge in [0.1, 0.15) is 0 Å². The maximum atomic E-state index is 14.0. The third kappa shape index (κ3) is 2.09. The molecule has 0 saturated carbocycles. The van der Waals surface area contributed by atoms with Crippen molar-refractivity contribution >= 4 is 5.78 Å². The van der Waals surface area contributed by atoms with Crippen LogP contribution < -0.4 is 4.74 Å². The lowest BCUT2D eigenvalue weighted by atomic mass is 10.0. The average molecular weight is 245 g/mol. The number of carbonyl (C=O) groups excluding carboxylic acids is 1. The van der Waals surface area contributed by atoms with Gasteiger partial charge in [-0.25, -0.2) is 4.39 Å². The van der Waals surface area contributed by atoms with Gasteiger partial charge in [-0.3, -0.25) is 9.78 Å². The molecule has 2 aromatic rings. The van der Waals surface area contributed by atoms with E-state index in [1.807, 2.05) is 0 Å². The normalized spacial score (nSPS) is 10.2. The van der Waals surface area contributed by atoms with Gasteiger partial charge in [0.05, 0.1) is 12.7 Å². The molecule has 0 bridgehead atoms. The van der Waals surface area contributed by atoms with E-state index in [-0.39, 0.29) is 11.3 Å². The molecular weight excluding hydrogens is 233 g/mol. The number of carbonyl (C=O) groups is 1. The molecule has 0 fully saturated rings. The summed E-state index contributed by atoms with van der Waals surface area (Å²) >= 11 is 0. The van der Waals surface area contributed by atoms with Crippen molar-refractivity contribution in [3.8, 4) is 5.75 Å². The highest BCUT2D eigenvalue weighted by atomic mass is 19.1. The number of ketones is 1. The number of aromatic nitrogens is 1. The summed E-state index contributed by atoms with van der Waals surface area (Å²) < 4.78 is 18.8. The van der Waals surface area contributed by atoms with Crippen molar-refractivity contribution in [2.45, 2.75) is 6.92 Å². The Kier molecular flexibility index (Phi) is 3.37. The first kappa shape index (κ1) is 12.2. The van der Waals surface area contributed by atoms with E-state index >= 15 is 0 Å². The minimum atomic E-state index is -0.645. The van der Waals surface area contributed by atoms with E-state index in [0.29, 0.717) is 11.3 Å². The molecule has 0 aliphatic heterocycles. The van der Waals surface area contributed by atoms with Gasteiger partial charge in [0, 0.05) is 17.5 Å². The number of pyridine rings is 1. The number of methoxy groups -OCH3 is 1. The zero-order chi connectivity index (χ0) is 13.1. The maximum absolute atomic E-state index is 14.0. The summed E-state index contributed by atoms with van der Waals surface area (Å²) in [6, 6.07) is 7.78. The third-order valence-electron chi connectivity index (χ3n) is 2.68. The lowest BCUT2D eigenvalue weighted by molar-refractivity contribution is 0.103. The molecule has 0 aliphatic carbocycles. The van der Waals surface area contributed by atoms with Crippen LogP contribution in [-0.4, -0.2) is 17.9 Å². The van der Waals surface area contributed by atoms with Crippen LogP contribution >= 0.6 is 0 Å². The fourth-order valence-electron chi connectivity index (χ4n) is 1.71. The van der Waals surface area contributed by atoms with Crippen LogP contribution in [-0.2, 0) is 0 Å². The number of hydrogen-bond donors (Lipinski definition) is 0. The third-order valence-corrected chi connectivity index (χ3v) is 2.68. The molecule has 0 spiro atoms. The highest BCUT2D eigenvalue weighted by Gasteiger charge is 2.18. The smallest absolute Gasteiger partial charge is 0.197 e. The quantitative estimate of drug-likeness (QED) is 0.780. The molecular formula is C14H12FNO2. The van der Waals surface area contributed by atoms with E-state index in [0.717, 1.165) is 0 Å². The second-order valence-electron chi connectivity index (χ2n) is 3.79. The van der Waals surface area contributed by atoms with Gasteiger partial charge >= 0.3 is 0 Å². The Morgan fingerprint density at radius 3 is 2.61 bits per heavy atom. The first-order chi connectivity index (χ1) is 8.65.